The van der Waals surface area contributed by atoms with Crippen LogP contribution in [0.2, 0.25) is 0 Å². The Kier molecular flexibility index (Phi) is 4.31. The predicted octanol–water partition coefficient (Wildman–Crippen LogP) is 1.29. The number of anilines is 1. The first kappa shape index (κ1) is 15.3. The number of aromatic nitrogens is 3. The molecule has 0 spiro atoms. The van der Waals surface area contributed by atoms with Gasteiger partial charge in [-0.15, -0.1) is 0 Å². The van der Waals surface area contributed by atoms with E-state index in [0.29, 0.717) is 17.2 Å². The van der Waals surface area contributed by atoms with E-state index in [1.165, 1.54) is 0 Å². The van der Waals surface area contributed by atoms with Crippen LogP contribution in [0.15, 0.2) is 18.2 Å². The molecule has 2 saturated heterocycles. The van der Waals surface area contributed by atoms with Crippen LogP contribution < -0.4 is 5.32 Å². The van der Waals surface area contributed by atoms with Crippen molar-refractivity contribution in [2.75, 3.05) is 44.7 Å². The number of carbonyl (C=O) groups is 1. The highest BCUT2D eigenvalue weighted by molar-refractivity contribution is 5.98. The molecule has 2 amide bonds. The fraction of sp³-hybridized carbons (Fsp3) is 0.562. The molecular weight excluding hydrogens is 308 g/mol. The van der Waals surface area contributed by atoms with Crippen LogP contribution in [-0.2, 0) is 4.74 Å². The van der Waals surface area contributed by atoms with E-state index in [4.69, 9.17) is 4.74 Å². The van der Waals surface area contributed by atoms with Gasteiger partial charge in [0.05, 0.1) is 5.69 Å². The van der Waals surface area contributed by atoms with Crippen LogP contribution in [0.25, 0.3) is 11.0 Å². The summed E-state index contributed by atoms with van der Waals surface area (Å²) in [5.41, 5.74) is 2.13. The highest BCUT2D eigenvalue weighted by Gasteiger charge is 2.27. The molecule has 0 atom stereocenters. The number of hydrogen-bond donors (Lipinski definition) is 2. The van der Waals surface area contributed by atoms with E-state index in [1.54, 1.807) is 0 Å². The molecule has 24 heavy (non-hydrogen) atoms. The van der Waals surface area contributed by atoms with Gasteiger partial charge in [0.25, 0.3) is 0 Å². The number of nitrogens with zero attached hydrogens (tertiary/aromatic N) is 4. The zero-order chi connectivity index (χ0) is 16.4. The third-order valence-corrected chi connectivity index (χ3v) is 4.90. The Morgan fingerprint density at radius 1 is 1.17 bits per heavy atom. The molecule has 0 aliphatic carbocycles. The number of urea groups is 1. The molecule has 2 N–H and O–H groups in total. The minimum absolute atomic E-state index is 0.0721. The lowest BCUT2D eigenvalue weighted by atomic mass is 10.1. The van der Waals surface area contributed by atoms with Crippen molar-refractivity contribution in [1.82, 2.24) is 25.2 Å². The molecule has 2 aromatic rings. The van der Waals surface area contributed by atoms with Crippen molar-refractivity contribution in [1.29, 1.82) is 0 Å². The van der Waals surface area contributed by atoms with E-state index < -0.39 is 0 Å². The molecule has 1 aromatic carbocycles. The molecule has 0 saturated carbocycles. The number of aromatic amines is 1. The van der Waals surface area contributed by atoms with Crippen molar-refractivity contribution in [2.24, 2.45) is 0 Å². The number of carbonyl (C=O) groups excluding carboxylic acids is 1. The summed E-state index contributed by atoms with van der Waals surface area (Å²) in [4.78, 5) is 16.9. The van der Waals surface area contributed by atoms with Crippen molar-refractivity contribution in [2.45, 2.75) is 18.9 Å². The number of fused-ring (bicyclic) bond motifs is 1. The molecule has 2 aliphatic rings. The van der Waals surface area contributed by atoms with Gasteiger partial charge >= 0.3 is 6.03 Å². The predicted molar refractivity (Wildman–Crippen MR) is 89.9 cm³/mol. The van der Waals surface area contributed by atoms with Gasteiger partial charge in [-0.25, -0.2) is 4.79 Å². The summed E-state index contributed by atoms with van der Waals surface area (Å²) < 4.78 is 5.43. The maximum atomic E-state index is 12.5. The van der Waals surface area contributed by atoms with Crippen LogP contribution in [0.1, 0.15) is 12.8 Å². The monoisotopic (exact) mass is 330 g/mol. The van der Waals surface area contributed by atoms with E-state index in [-0.39, 0.29) is 6.03 Å². The smallest absolute Gasteiger partial charge is 0.321 e. The van der Waals surface area contributed by atoms with E-state index in [9.17, 15) is 4.79 Å². The first-order chi connectivity index (χ1) is 11.8. The number of ether oxygens (including phenoxy) is 1. The van der Waals surface area contributed by atoms with Crippen molar-refractivity contribution in [3.8, 4) is 0 Å². The van der Waals surface area contributed by atoms with Gasteiger partial charge in [0.15, 0.2) is 0 Å². The number of nitrogens with one attached hydrogen (secondary N) is 2. The van der Waals surface area contributed by atoms with E-state index in [0.717, 1.165) is 57.8 Å². The van der Waals surface area contributed by atoms with E-state index in [2.05, 4.69) is 25.6 Å². The first-order valence-corrected chi connectivity index (χ1v) is 8.48. The molecule has 0 radical (unpaired) electrons. The number of rotatable bonds is 2. The minimum Gasteiger partial charge on any atom is -0.381 e. The third-order valence-electron chi connectivity index (χ3n) is 4.90. The summed E-state index contributed by atoms with van der Waals surface area (Å²) in [5, 5.41) is 13.7. The van der Waals surface area contributed by atoms with Gasteiger partial charge in [0.1, 0.15) is 11.0 Å². The van der Waals surface area contributed by atoms with Crippen LogP contribution in [0.4, 0.5) is 10.5 Å². The maximum absolute atomic E-state index is 12.5. The van der Waals surface area contributed by atoms with Gasteiger partial charge in [-0.3, -0.25) is 4.90 Å². The summed E-state index contributed by atoms with van der Waals surface area (Å²) in [7, 11) is 0. The Morgan fingerprint density at radius 3 is 2.75 bits per heavy atom. The Labute approximate surface area is 140 Å². The SMILES string of the molecule is O=C(Nc1cccc2n[nH]nc12)N1CCN(C2CCOCC2)CC1. The second kappa shape index (κ2) is 6.74. The van der Waals surface area contributed by atoms with Gasteiger partial charge in [0.2, 0.25) is 0 Å². The van der Waals surface area contributed by atoms with Crippen molar-refractivity contribution in [3.63, 3.8) is 0 Å². The molecule has 2 fully saturated rings. The van der Waals surface area contributed by atoms with E-state index >= 15 is 0 Å². The van der Waals surface area contributed by atoms with Crippen molar-refractivity contribution >= 4 is 22.8 Å². The zero-order valence-electron chi connectivity index (χ0n) is 13.6. The highest BCUT2D eigenvalue weighted by Crippen LogP contribution is 2.20. The van der Waals surface area contributed by atoms with Crippen LogP contribution in [0.5, 0.6) is 0 Å². The summed E-state index contributed by atoms with van der Waals surface area (Å²) in [6, 6.07) is 6.11. The average molecular weight is 330 g/mol. The number of para-hydroxylation sites is 1. The average Bonchev–Trinajstić information content (AvgIpc) is 3.12. The van der Waals surface area contributed by atoms with E-state index in [1.807, 2.05) is 23.1 Å². The molecule has 128 valence electrons. The van der Waals surface area contributed by atoms with Crippen LogP contribution in [0, 0.1) is 0 Å². The molecule has 2 aliphatic heterocycles. The normalized spacial score (nSPS) is 20.4. The Hall–Kier alpha value is -2.19. The van der Waals surface area contributed by atoms with Crippen LogP contribution in [0.3, 0.4) is 0 Å². The summed E-state index contributed by atoms with van der Waals surface area (Å²) in [5.74, 6) is 0. The zero-order valence-corrected chi connectivity index (χ0v) is 13.6. The third kappa shape index (κ3) is 3.07. The molecule has 8 heteroatoms. The van der Waals surface area contributed by atoms with Crippen LogP contribution >= 0.6 is 0 Å². The minimum atomic E-state index is -0.0721. The number of benzene rings is 1. The molecular formula is C16H22N6O2. The largest absolute Gasteiger partial charge is 0.381 e. The number of H-pyrrole nitrogens is 1. The molecule has 8 nitrogen and oxygen atoms in total. The molecule has 0 bridgehead atoms. The number of hydrogen-bond acceptors (Lipinski definition) is 5. The lowest BCUT2D eigenvalue weighted by Gasteiger charge is -2.40. The summed E-state index contributed by atoms with van der Waals surface area (Å²) >= 11 is 0. The van der Waals surface area contributed by atoms with Gasteiger partial charge in [-0.05, 0) is 25.0 Å². The van der Waals surface area contributed by atoms with Gasteiger partial charge < -0.3 is 15.0 Å². The van der Waals surface area contributed by atoms with Gasteiger partial charge in [-0.2, -0.15) is 15.4 Å². The lowest BCUT2D eigenvalue weighted by molar-refractivity contribution is 0.0194. The Morgan fingerprint density at radius 2 is 1.96 bits per heavy atom. The van der Waals surface area contributed by atoms with Gasteiger partial charge in [-0.1, -0.05) is 6.07 Å². The van der Waals surface area contributed by atoms with Crippen LogP contribution in [-0.4, -0.2) is 76.7 Å². The Bertz CT molecular complexity index is 703. The summed E-state index contributed by atoms with van der Waals surface area (Å²) in [6.45, 7) is 5.05. The number of amides is 2. The highest BCUT2D eigenvalue weighted by atomic mass is 16.5. The molecule has 1 aromatic heterocycles. The second-order valence-corrected chi connectivity index (χ2v) is 6.29. The molecule has 4 rings (SSSR count). The van der Waals surface area contributed by atoms with Crippen molar-refractivity contribution in [3.05, 3.63) is 18.2 Å². The quantitative estimate of drug-likeness (QED) is 0.866. The maximum Gasteiger partial charge on any atom is 0.321 e. The number of piperazine rings is 1. The Balaban J connectivity index is 1.35. The first-order valence-electron chi connectivity index (χ1n) is 8.48. The fourth-order valence-electron chi connectivity index (χ4n) is 3.50. The second-order valence-electron chi connectivity index (χ2n) is 6.29. The lowest BCUT2D eigenvalue weighted by Crippen LogP contribution is -2.53. The summed E-state index contributed by atoms with van der Waals surface area (Å²) in [6.07, 6.45) is 2.20. The molecule has 3 heterocycles. The topological polar surface area (TPSA) is 86.4 Å². The van der Waals surface area contributed by atoms with Gasteiger partial charge in [0, 0.05) is 45.4 Å². The standard InChI is InChI=1S/C16H22N6O2/c23-16(17-13-2-1-3-14-15(13)19-20-18-14)22-8-6-21(7-9-22)12-4-10-24-11-5-12/h1-3,12H,4-11H2,(H,17,23)(H,18,19,20). The molecule has 0 unspecified atom stereocenters. The fourth-order valence-corrected chi connectivity index (χ4v) is 3.50. The van der Waals surface area contributed by atoms with Crippen molar-refractivity contribution < 1.29 is 9.53 Å².